The molecule has 0 aliphatic carbocycles. The third kappa shape index (κ3) is 7.98. The second kappa shape index (κ2) is 9.39. The van der Waals surface area contributed by atoms with Crippen LogP contribution < -0.4 is 5.32 Å². The highest BCUT2D eigenvalue weighted by Gasteiger charge is 2.31. The number of hydrogen-bond donors (Lipinski definition) is 1. The molecule has 1 aliphatic rings. The Morgan fingerprint density at radius 3 is 2.52 bits per heavy atom. The minimum Gasteiger partial charge on any atom is -0.459 e. The zero-order chi connectivity index (χ0) is 23.4. The molecule has 1 unspecified atom stereocenters. The number of esters is 1. The van der Waals surface area contributed by atoms with Crippen molar-refractivity contribution in [3.8, 4) is 0 Å². The third-order valence-corrected chi connectivity index (χ3v) is 6.28. The molecule has 1 aliphatic heterocycles. The predicted octanol–water partition coefficient (Wildman–Crippen LogP) is 4.81. The van der Waals surface area contributed by atoms with Gasteiger partial charge in [-0.1, -0.05) is 30.5 Å². The van der Waals surface area contributed by atoms with Gasteiger partial charge in [-0.15, -0.1) is 13.2 Å². The first kappa shape index (κ1) is 24.9. The van der Waals surface area contributed by atoms with E-state index in [1.165, 1.54) is 30.0 Å². The van der Waals surface area contributed by atoms with Crippen LogP contribution in [-0.4, -0.2) is 37.5 Å². The van der Waals surface area contributed by atoms with Gasteiger partial charge < -0.3 is 14.8 Å². The van der Waals surface area contributed by atoms with Crippen LogP contribution in [-0.2, 0) is 24.1 Å². The summed E-state index contributed by atoms with van der Waals surface area (Å²) in [6.07, 6.45) is 0.194. The number of halogens is 3. The summed E-state index contributed by atoms with van der Waals surface area (Å²) >= 11 is 1.27. The summed E-state index contributed by atoms with van der Waals surface area (Å²) in [5.41, 5.74) is -0.134. The average Bonchev–Trinajstić information content (AvgIpc) is 2.99. The van der Waals surface area contributed by atoms with Crippen molar-refractivity contribution < 1.29 is 35.9 Å². The smallest absolute Gasteiger partial charge is 0.459 e. The lowest BCUT2D eigenvalue weighted by Crippen LogP contribution is -2.28. The maximum atomic E-state index is 12.5. The van der Waals surface area contributed by atoms with E-state index < -0.39 is 39.3 Å². The van der Waals surface area contributed by atoms with Crippen LogP contribution in [0.5, 0.6) is 0 Å². The summed E-state index contributed by atoms with van der Waals surface area (Å²) in [6, 6.07) is 4.39. The van der Waals surface area contributed by atoms with Crippen molar-refractivity contribution in [2.75, 3.05) is 11.1 Å². The van der Waals surface area contributed by atoms with Gasteiger partial charge >= 0.3 is 12.3 Å². The fourth-order valence-corrected chi connectivity index (χ4v) is 4.72. The summed E-state index contributed by atoms with van der Waals surface area (Å²) in [5, 5.41) is 2.76. The van der Waals surface area contributed by atoms with E-state index >= 15 is 0 Å². The molecule has 0 radical (unpaired) electrons. The minimum atomic E-state index is -4.81. The highest BCUT2D eigenvalue weighted by atomic mass is 32.2. The summed E-state index contributed by atoms with van der Waals surface area (Å²) < 4.78 is 70.7. The van der Waals surface area contributed by atoms with Crippen molar-refractivity contribution in [2.24, 2.45) is 0 Å². The summed E-state index contributed by atoms with van der Waals surface area (Å²) in [5.74, 6) is -2.08. The molecule has 0 saturated heterocycles. The molecule has 1 aromatic rings. The average molecular weight is 478 g/mol. The highest BCUT2D eigenvalue weighted by molar-refractivity contribution is 8.00. The topological polar surface area (TPSA) is 81.7 Å². The molecule has 11 heteroatoms. The van der Waals surface area contributed by atoms with Gasteiger partial charge in [-0.25, -0.2) is 8.42 Å². The Morgan fingerprint density at radius 1 is 1.26 bits per heavy atom. The van der Waals surface area contributed by atoms with Crippen LogP contribution >= 0.6 is 11.8 Å². The van der Waals surface area contributed by atoms with Gasteiger partial charge in [0.05, 0.1) is 10.3 Å². The second-order valence-electron chi connectivity index (χ2n) is 7.39. The number of carbonyl (C=O) groups excluding carboxylic acids is 1. The maximum Gasteiger partial charge on any atom is 0.573 e. The summed E-state index contributed by atoms with van der Waals surface area (Å²) in [6.45, 7) is 8.20. The van der Waals surface area contributed by atoms with Gasteiger partial charge in [0.15, 0.2) is 15.6 Å². The van der Waals surface area contributed by atoms with Crippen LogP contribution in [0.25, 0.3) is 0 Å². The van der Waals surface area contributed by atoms with Gasteiger partial charge in [0.1, 0.15) is 11.4 Å². The zero-order valence-electron chi connectivity index (χ0n) is 17.0. The number of carbonyl (C=O) groups is 1. The Bertz CT molecular complexity index is 1010. The van der Waals surface area contributed by atoms with Crippen molar-refractivity contribution >= 4 is 33.3 Å². The number of allylic oxidation sites excluding steroid dienone is 3. The lowest BCUT2D eigenvalue weighted by Gasteiger charge is -2.19. The number of fused-ring (bicyclic) bond motifs is 1. The van der Waals surface area contributed by atoms with E-state index in [2.05, 4.69) is 16.6 Å². The van der Waals surface area contributed by atoms with Crippen LogP contribution in [0.1, 0.15) is 20.8 Å². The normalized spacial score (nSPS) is 17.2. The van der Waals surface area contributed by atoms with E-state index in [0.29, 0.717) is 10.6 Å². The number of rotatable bonds is 7. The van der Waals surface area contributed by atoms with Crippen LogP contribution in [0.3, 0.4) is 0 Å². The van der Waals surface area contributed by atoms with Crippen molar-refractivity contribution in [1.29, 1.82) is 0 Å². The number of ether oxygens (including phenoxy) is 2. The molecular weight excluding hydrogens is 455 g/mol. The maximum absolute atomic E-state index is 12.5. The van der Waals surface area contributed by atoms with Crippen LogP contribution in [0.2, 0.25) is 0 Å². The predicted molar refractivity (Wildman–Crippen MR) is 112 cm³/mol. The third-order valence-electron chi connectivity index (χ3n) is 3.57. The standard InChI is InChI=1S/C20H22F3NO5S2/c1-5-13(28-20(21,22)23)7-6-8-17-24-15-10-9-14(11-16(15)30-17)31(26,27)12-18(25)29-19(2,3)4/h5-11,17,24H,1,12H2,2-4H3/b8-6+,13-7+. The molecule has 31 heavy (non-hydrogen) atoms. The van der Waals surface area contributed by atoms with Crippen molar-refractivity contribution in [2.45, 2.75) is 47.9 Å². The number of alkyl halides is 3. The van der Waals surface area contributed by atoms with E-state index in [9.17, 15) is 26.4 Å². The van der Waals surface area contributed by atoms with Crippen molar-refractivity contribution in [1.82, 2.24) is 0 Å². The molecule has 1 atom stereocenters. The van der Waals surface area contributed by atoms with Gasteiger partial charge in [-0.3, -0.25) is 4.79 Å². The molecule has 0 spiro atoms. The number of benzene rings is 1. The number of thioether (sulfide) groups is 1. The Balaban J connectivity index is 2.08. The first-order valence-electron chi connectivity index (χ1n) is 8.97. The van der Waals surface area contributed by atoms with Crippen molar-refractivity contribution in [3.63, 3.8) is 0 Å². The molecule has 170 valence electrons. The molecule has 1 aromatic carbocycles. The Morgan fingerprint density at radius 2 is 1.94 bits per heavy atom. The SMILES string of the molecule is C=C/C(=C\C=C\C1Nc2ccc(S(=O)(=O)CC(=O)OC(C)(C)C)cc2S1)OC(F)(F)F. The van der Waals surface area contributed by atoms with E-state index in [0.717, 1.165) is 12.2 Å². The number of sulfone groups is 1. The van der Waals surface area contributed by atoms with E-state index in [1.807, 2.05) is 0 Å². The molecule has 0 fully saturated rings. The molecule has 6 nitrogen and oxygen atoms in total. The molecule has 0 amide bonds. The molecule has 0 saturated carbocycles. The van der Waals surface area contributed by atoms with Crippen LogP contribution in [0, 0.1) is 0 Å². The van der Waals surface area contributed by atoms with E-state index in [4.69, 9.17) is 4.74 Å². The largest absolute Gasteiger partial charge is 0.573 e. The van der Waals surface area contributed by atoms with Gasteiger partial charge in [0.25, 0.3) is 0 Å². The monoisotopic (exact) mass is 477 g/mol. The minimum absolute atomic E-state index is 0.0246. The number of anilines is 1. The number of hydrogen-bond acceptors (Lipinski definition) is 7. The molecule has 1 heterocycles. The van der Waals surface area contributed by atoms with Gasteiger partial charge in [0, 0.05) is 10.6 Å². The summed E-state index contributed by atoms with van der Waals surface area (Å²) in [7, 11) is -3.90. The van der Waals surface area contributed by atoms with E-state index in [1.54, 1.807) is 32.9 Å². The number of nitrogens with one attached hydrogen (secondary N) is 1. The second-order valence-corrected chi connectivity index (χ2v) is 10.6. The first-order chi connectivity index (χ1) is 14.2. The lowest BCUT2D eigenvalue weighted by atomic mass is 10.2. The van der Waals surface area contributed by atoms with Gasteiger partial charge in [-0.2, -0.15) is 0 Å². The Labute approximate surface area is 183 Å². The molecule has 1 N–H and O–H groups in total. The molecule has 0 aromatic heterocycles. The van der Waals surface area contributed by atoms with Crippen LogP contribution in [0.4, 0.5) is 18.9 Å². The first-order valence-corrected chi connectivity index (χ1v) is 11.5. The summed E-state index contributed by atoms with van der Waals surface area (Å²) in [4.78, 5) is 12.5. The zero-order valence-corrected chi connectivity index (χ0v) is 18.7. The van der Waals surface area contributed by atoms with E-state index in [-0.39, 0.29) is 10.3 Å². The fourth-order valence-electron chi connectivity index (χ4n) is 2.46. The van der Waals surface area contributed by atoms with Gasteiger partial charge in [-0.05, 0) is 51.1 Å². The Hall–Kier alpha value is -2.40. The molecule has 0 bridgehead atoms. The highest BCUT2D eigenvalue weighted by Crippen LogP contribution is 2.40. The Kier molecular flexibility index (Phi) is 7.53. The quantitative estimate of drug-likeness (QED) is 0.343. The molecular formula is C20H22F3NO5S2. The van der Waals surface area contributed by atoms with Gasteiger partial charge in [0.2, 0.25) is 0 Å². The van der Waals surface area contributed by atoms with Crippen molar-refractivity contribution in [3.05, 3.63) is 54.8 Å². The van der Waals surface area contributed by atoms with Crippen LogP contribution in [0.15, 0.2) is 64.6 Å². The lowest BCUT2D eigenvalue weighted by molar-refractivity contribution is -0.303. The fraction of sp³-hybridized carbons (Fsp3) is 0.350. The molecule has 2 rings (SSSR count).